The predicted octanol–water partition coefficient (Wildman–Crippen LogP) is 4.78. The molecule has 5 rings (SSSR count). The predicted molar refractivity (Wildman–Crippen MR) is 128 cm³/mol. The van der Waals surface area contributed by atoms with Crippen LogP contribution in [0.2, 0.25) is 0 Å². The zero-order chi connectivity index (χ0) is 22.1. The minimum atomic E-state index is -0.152. The van der Waals surface area contributed by atoms with Crippen LogP contribution in [-0.2, 0) is 6.54 Å². The molecule has 6 heteroatoms. The first-order valence-electron chi connectivity index (χ1n) is 11.0. The quantitative estimate of drug-likeness (QED) is 0.481. The minimum Gasteiger partial charge on any atom is -0.497 e. The monoisotopic (exact) mass is 426 g/mol. The molecule has 1 aliphatic carbocycles. The fourth-order valence-corrected chi connectivity index (χ4v) is 4.49. The molecule has 0 saturated carbocycles. The Balaban J connectivity index is 1.81. The van der Waals surface area contributed by atoms with Crippen molar-refractivity contribution in [1.29, 1.82) is 0 Å². The van der Waals surface area contributed by atoms with E-state index in [9.17, 15) is 4.79 Å². The van der Waals surface area contributed by atoms with E-state index >= 15 is 0 Å². The first-order valence-corrected chi connectivity index (χ1v) is 11.0. The molecule has 0 unspecified atom stereocenters. The highest BCUT2D eigenvalue weighted by Gasteiger charge is 2.23. The molecule has 0 fully saturated rings. The molecular weight excluding hydrogens is 400 g/mol. The molecule has 1 aliphatic rings. The molecule has 0 radical (unpaired) electrons. The van der Waals surface area contributed by atoms with Crippen LogP contribution in [-0.4, -0.2) is 21.7 Å². The third kappa shape index (κ3) is 3.42. The zero-order valence-electron chi connectivity index (χ0n) is 18.1. The first-order chi connectivity index (χ1) is 15.7. The van der Waals surface area contributed by atoms with Crippen molar-refractivity contribution in [2.24, 2.45) is 5.73 Å². The van der Waals surface area contributed by atoms with Crippen molar-refractivity contribution >= 4 is 11.2 Å². The lowest BCUT2D eigenvalue weighted by atomic mass is 9.92. The molecule has 0 spiro atoms. The average Bonchev–Trinajstić information content (AvgIpc) is 3.25. The molecule has 0 bridgehead atoms. The number of rotatable bonds is 5. The van der Waals surface area contributed by atoms with Crippen molar-refractivity contribution in [3.63, 3.8) is 0 Å². The number of hydrogen-bond acceptors (Lipinski definition) is 4. The maximum atomic E-state index is 13.7. The molecule has 6 nitrogen and oxygen atoms in total. The third-order valence-corrected chi connectivity index (χ3v) is 6.10. The van der Waals surface area contributed by atoms with Gasteiger partial charge < -0.3 is 10.5 Å². The van der Waals surface area contributed by atoms with E-state index in [1.807, 2.05) is 42.5 Å². The Kier molecular flexibility index (Phi) is 5.37. The van der Waals surface area contributed by atoms with Crippen LogP contribution in [0.1, 0.15) is 36.9 Å². The largest absolute Gasteiger partial charge is 0.497 e. The van der Waals surface area contributed by atoms with Gasteiger partial charge in [-0.05, 0) is 49.0 Å². The number of nitrogens with two attached hydrogens (primary N) is 1. The summed E-state index contributed by atoms with van der Waals surface area (Å²) in [4.78, 5) is 18.7. The molecule has 162 valence electrons. The van der Waals surface area contributed by atoms with Gasteiger partial charge in [-0.2, -0.15) is 4.52 Å². The van der Waals surface area contributed by atoms with Crippen LogP contribution in [0.4, 0.5) is 0 Å². The lowest BCUT2D eigenvalue weighted by Crippen LogP contribution is -2.21. The molecular formula is C26H26N4O2. The molecule has 4 aromatic rings. The smallest absolute Gasteiger partial charge is 0.280 e. The van der Waals surface area contributed by atoms with Gasteiger partial charge in [0.25, 0.3) is 5.56 Å². The Morgan fingerprint density at radius 3 is 2.47 bits per heavy atom. The second-order valence-corrected chi connectivity index (χ2v) is 8.03. The Morgan fingerprint density at radius 1 is 1.03 bits per heavy atom. The highest BCUT2D eigenvalue weighted by molar-refractivity contribution is 5.88. The van der Waals surface area contributed by atoms with Gasteiger partial charge in [-0.3, -0.25) is 9.89 Å². The van der Waals surface area contributed by atoms with E-state index in [-0.39, 0.29) is 12.1 Å². The maximum absolute atomic E-state index is 13.7. The maximum Gasteiger partial charge on any atom is 0.280 e. The molecule has 3 N–H and O–H groups in total. The van der Waals surface area contributed by atoms with Crippen molar-refractivity contribution < 1.29 is 4.74 Å². The summed E-state index contributed by atoms with van der Waals surface area (Å²) in [6, 6.07) is 17.5. The van der Waals surface area contributed by atoms with Crippen LogP contribution in [0.3, 0.4) is 0 Å². The van der Waals surface area contributed by atoms with Gasteiger partial charge in [0.05, 0.1) is 24.1 Å². The molecule has 0 atom stereocenters. The van der Waals surface area contributed by atoms with Crippen LogP contribution in [0, 0.1) is 0 Å². The van der Waals surface area contributed by atoms with Gasteiger partial charge >= 0.3 is 0 Å². The number of nitrogens with one attached hydrogen (secondary N) is 1. The summed E-state index contributed by atoms with van der Waals surface area (Å²) in [6.07, 6.45) is 6.62. The van der Waals surface area contributed by atoms with Crippen molar-refractivity contribution in [2.45, 2.75) is 32.2 Å². The molecule has 0 amide bonds. The number of aromatic amines is 1. The number of fused-ring (bicyclic) bond motifs is 1. The number of nitrogens with zero attached hydrogens (tertiary/aromatic N) is 2. The lowest BCUT2D eigenvalue weighted by Gasteiger charge is -2.14. The number of hydrogen-bond donors (Lipinski definition) is 2. The van der Waals surface area contributed by atoms with Gasteiger partial charge in [0.1, 0.15) is 5.75 Å². The second kappa shape index (κ2) is 8.48. The fourth-order valence-electron chi connectivity index (χ4n) is 4.49. The van der Waals surface area contributed by atoms with Gasteiger partial charge in [-0.15, -0.1) is 0 Å². The highest BCUT2D eigenvalue weighted by atomic mass is 16.5. The molecule has 0 saturated heterocycles. The molecule has 2 aromatic carbocycles. The standard InChI is InChI=1S/C26H26N4O2/c1-32-20-14-12-18(13-15-20)22-21(16-27)28-25-23(17-8-4-2-5-9-17)24(29-30(25)26(22)31)19-10-6-3-7-11-19/h3,6-8,10-15,29H,2,4-5,9,16,27H2,1H3. The summed E-state index contributed by atoms with van der Waals surface area (Å²) < 4.78 is 6.84. The van der Waals surface area contributed by atoms with Crippen LogP contribution in [0.15, 0.2) is 65.5 Å². The van der Waals surface area contributed by atoms with Crippen LogP contribution < -0.4 is 16.0 Å². The fraction of sp³-hybridized carbons (Fsp3) is 0.231. The normalized spacial score (nSPS) is 13.9. The van der Waals surface area contributed by atoms with Gasteiger partial charge in [0.15, 0.2) is 5.65 Å². The topological polar surface area (TPSA) is 85.4 Å². The molecule has 32 heavy (non-hydrogen) atoms. The number of benzene rings is 2. The van der Waals surface area contributed by atoms with Crippen LogP contribution in [0.5, 0.6) is 5.75 Å². The number of aromatic nitrogens is 3. The van der Waals surface area contributed by atoms with E-state index in [0.29, 0.717) is 16.9 Å². The summed E-state index contributed by atoms with van der Waals surface area (Å²) in [5.41, 5.74) is 12.6. The van der Waals surface area contributed by atoms with Crippen molar-refractivity contribution in [3.8, 4) is 28.1 Å². The molecule has 0 aliphatic heterocycles. The van der Waals surface area contributed by atoms with E-state index in [4.69, 9.17) is 15.5 Å². The van der Waals surface area contributed by atoms with E-state index in [2.05, 4.69) is 23.3 Å². The lowest BCUT2D eigenvalue weighted by molar-refractivity contribution is 0.415. The van der Waals surface area contributed by atoms with Crippen molar-refractivity contribution in [2.75, 3.05) is 7.11 Å². The van der Waals surface area contributed by atoms with Crippen LogP contribution in [0.25, 0.3) is 33.6 Å². The third-order valence-electron chi connectivity index (χ3n) is 6.10. The van der Waals surface area contributed by atoms with Gasteiger partial charge in [-0.1, -0.05) is 48.5 Å². The SMILES string of the molecule is COc1ccc(-c2c(CN)nc3c(C4=CCCCC4)c(-c4ccccc4)[nH]n3c2=O)cc1. The Hall–Kier alpha value is -3.64. The summed E-state index contributed by atoms with van der Waals surface area (Å²) in [5, 5.41) is 3.37. The zero-order valence-corrected chi connectivity index (χ0v) is 18.1. The number of methoxy groups -OCH3 is 1. The first kappa shape index (κ1) is 20.3. The number of H-pyrrole nitrogens is 1. The van der Waals surface area contributed by atoms with E-state index in [1.54, 1.807) is 11.6 Å². The summed E-state index contributed by atoms with van der Waals surface area (Å²) in [6.45, 7) is 0.178. The minimum absolute atomic E-state index is 0.152. The summed E-state index contributed by atoms with van der Waals surface area (Å²) >= 11 is 0. The highest BCUT2D eigenvalue weighted by Crippen LogP contribution is 2.36. The van der Waals surface area contributed by atoms with Crippen molar-refractivity contribution in [3.05, 3.63) is 82.3 Å². The van der Waals surface area contributed by atoms with E-state index in [0.717, 1.165) is 47.4 Å². The Bertz CT molecular complexity index is 1350. The Morgan fingerprint density at radius 2 is 1.81 bits per heavy atom. The second-order valence-electron chi connectivity index (χ2n) is 8.03. The van der Waals surface area contributed by atoms with Crippen molar-refractivity contribution in [1.82, 2.24) is 14.6 Å². The molecule has 2 aromatic heterocycles. The average molecular weight is 427 g/mol. The van der Waals surface area contributed by atoms with E-state index < -0.39 is 0 Å². The van der Waals surface area contributed by atoms with E-state index in [1.165, 1.54) is 12.0 Å². The number of ether oxygens (including phenoxy) is 1. The molecule has 2 heterocycles. The number of allylic oxidation sites excluding steroid dienone is 2. The Labute approximate surface area is 186 Å². The van der Waals surface area contributed by atoms with Gasteiger partial charge in [-0.25, -0.2) is 4.98 Å². The van der Waals surface area contributed by atoms with Gasteiger partial charge in [0.2, 0.25) is 0 Å². The summed E-state index contributed by atoms with van der Waals surface area (Å²) in [7, 11) is 1.62. The summed E-state index contributed by atoms with van der Waals surface area (Å²) in [5.74, 6) is 0.731. The van der Waals surface area contributed by atoms with Crippen LogP contribution >= 0.6 is 0 Å². The van der Waals surface area contributed by atoms with Gasteiger partial charge in [0, 0.05) is 17.7 Å².